The molecular formula is C13H19N3. The number of hydrogen-bond donors (Lipinski definition) is 1. The lowest BCUT2D eigenvalue weighted by atomic mass is 10.2. The highest BCUT2D eigenvalue weighted by atomic mass is 15.1. The molecule has 1 unspecified atom stereocenters. The predicted molar refractivity (Wildman–Crippen MR) is 67.4 cm³/mol. The first kappa shape index (κ1) is 12.5. The third-order valence-corrected chi connectivity index (χ3v) is 2.41. The highest BCUT2D eigenvalue weighted by Crippen LogP contribution is 2.12. The Labute approximate surface area is 97.7 Å². The number of benzene rings is 1. The Morgan fingerprint density at radius 1 is 1.44 bits per heavy atom. The van der Waals surface area contributed by atoms with E-state index in [0.717, 1.165) is 18.7 Å². The molecular weight excluding hydrogens is 198 g/mol. The van der Waals surface area contributed by atoms with E-state index in [1.54, 1.807) is 0 Å². The van der Waals surface area contributed by atoms with E-state index < -0.39 is 0 Å². The molecule has 1 rings (SSSR count). The van der Waals surface area contributed by atoms with Crippen molar-refractivity contribution in [3.63, 3.8) is 0 Å². The van der Waals surface area contributed by atoms with Crippen molar-refractivity contribution in [3.05, 3.63) is 29.8 Å². The van der Waals surface area contributed by atoms with Crippen LogP contribution in [0.2, 0.25) is 0 Å². The highest BCUT2D eigenvalue weighted by molar-refractivity contribution is 5.49. The fourth-order valence-electron chi connectivity index (χ4n) is 1.49. The third-order valence-electron chi connectivity index (χ3n) is 2.41. The fourth-order valence-corrected chi connectivity index (χ4v) is 1.49. The van der Waals surface area contributed by atoms with Crippen molar-refractivity contribution in [3.8, 4) is 6.07 Å². The topological polar surface area (TPSA) is 39.1 Å². The van der Waals surface area contributed by atoms with Gasteiger partial charge in [-0.05, 0) is 52.2 Å². The van der Waals surface area contributed by atoms with Crippen LogP contribution < -0.4 is 5.32 Å². The zero-order chi connectivity index (χ0) is 12.0. The summed E-state index contributed by atoms with van der Waals surface area (Å²) in [5.74, 6) is 0. The van der Waals surface area contributed by atoms with Gasteiger partial charge in [0.05, 0.1) is 11.6 Å². The summed E-state index contributed by atoms with van der Waals surface area (Å²) in [7, 11) is 4.14. The van der Waals surface area contributed by atoms with E-state index in [9.17, 15) is 0 Å². The van der Waals surface area contributed by atoms with E-state index in [1.807, 2.05) is 24.3 Å². The first-order valence-corrected chi connectivity index (χ1v) is 5.53. The normalized spacial score (nSPS) is 12.2. The van der Waals surface area contributed by atoms with Crippen molar-refractivity contribution in [2.24, 2.45) is 0 Å². The number of hydrogen-bond acceptors (Lipinski definition) is 3. The van der Waals surface area contributed by atoms with E-state index in [1.165, 1.54) is 0 Å². The van der Waals surface area contributed by atoms with Crippen molar-refractivity contribution in [2.75, 3.05) is 26.0 Å². The Morgan fingerprint density at radius 2 is 2.19 bits per heavy atom. The quantitative estimate of drug-likeness (QED) is 0.822. The van der Waals surface area contributed by atoms with Crippen molar-refractivity contribution in [1.29, 1.82) is 5.26 Å². The molecule has 0 amide bonds. The van der Waals surface area contributed by atoms with Crippen LogP contribution in [-0.4, -0.2) is 31.6 Å². The molecule has 1 N–H and O–H groups in total. The maximum atomic E-state index is 8.79. The molecule has 0 aliphatic carbocycles. The average molecular weight is 217 g/mol. The molecule has 0 radical (unpaired) electrons. The molecule has 16 heavy (non-hydrogen) atoms. The Bertz CT molecular complexity index is 366. The molecule has 0 bridgehead atoms. The molecule has 0 fully saturated rings. The molecule has 0 saturated heterocycles. The summed E-state index contributed by atoms with van der Waals surface area (Å²) in [4.78, 5) is 2.17. The van der Waals surface area contributed by atoms with Gasteiger partial charge < -0.3 is 10.2 Å². The Kier molecular flexibility index (Phi) is 4.81. The fraction of sp³-hybridized carbons (Fsp3) is 0.462. The van der Waals surface area contributed by atoms with Crippen LogP contribution in [0.25, 0.3) is 0 Å². The van der Waals surface area contributed by atoms with E-state index in [0.29, 0.717) is 11.6 Å². The molecule has 0 saturated carbocycles. The minimum absolute atomic E-state index is 0.413. The van der Waals surface area contributed by atoms with Crippen LogP contribution in [0, 0.1) is 11.3 Å². The van der Waals surface area contributed by atoms with Crippen LogP contribution in [0.1, 0.15) is 18.9 Å². The van der Waals surface area contributed by atoms with Crippen LogP contribution in [-0.2, 0) is 0 Å². The Morgan fingerprint density at radius 3 is 2.81 bits per heavy atom. The van der Waals surface area contributed by atoms with Gasteiger partial charge in [0.1, 0.15) is 0 Å². The van der Waals surface area contributed by atoms with Gasteiger partial charge in [-0.3, -0.25) is 0 Å². The summed E-state index contributed by atoms with van der Waals surface area (Å²) in [5.41, 5.74) is 1.72. The van der Waals surface area contributed by atoms with Gasteiger partial charge in [-0.2, -0.15) is 5.26 Å². The molecule has 3 nitrogen and oxygen atoms in total. The van der Waals surface area contributed by atoms with Gasteiger partial charge >= 0.3 is 0 Å². The summed E-state index contributed by atoms with van der Waals surface area (Å²) in [6, 6.07) is 10.1. The molecule has 0 aromatic heterocycles. The van der Waals surface area contributed by atoms with E-state index in [4.69, 9.17) is 5.26 Å². The van der Waals surface area contributed by atoms with Gasteiger partial charge in [0.2, 0.25) is 0 Å². The van der Waals surface area contributed by atoms with Crippen LogP contribution in [0.15, 0.2) is 24.3 Å². The molecule has 1 atom stereocenters. The molecule has 0 spiro atoms. The molecule has 3 heteroatoms. The first-order valence-electron chi connectivity index (χ1n) is 5.53. The van der Waals surface area contributed by atoms with E-state index >= 15 is 0 Å². The van der Waals surface area contributed by atoms with Gasteiger partial charge in [-0.1, -0.05) is 6.07 Å². The smallest absolute Gasteiger partial charge is 0.0992 e. The van der Waals surface area contributed by atoms with Crippen LogP contribution in [0.4, 0.5) is 5.69 Å². The van der Waals surface area contributed by atoms with Gasteiger partial charge in [0, 0.05) is 11.7 Å². The first-order chi connectivity index (χ1) is 7.61. The van der Waals surface area contributed by atoms with Gasteiger partial charge in [-0.25, -0.2) is 0 Å². The average Bonchev–Trinajstić information content (AvgIpc) is 2.26. The Hall–Kier alpha value is -1.53. The second-order valence-electron chi connectivity index (χ2n) is 4.33. The zero-order valence-electron chi connectivity index (χ0n) is 10.2. The van der Waals surface area contributed by atoms with E-state index in [2.05, 4.69) is 37.3 Å². The summed E-state index contributed by atoms with van der Waals surface area (Å²) in [5, 5.41) is 12.2. The van der Waals surface area contributed by atoms with Crippen molar-refractivity contribution < 1.29 is 0 Å². The van der Waals surface area contributed by atoms with Gasteiger partial charge in [0.15, 0.2) is 0 Å². The summed E-state index contributed by atoms with van der Waals surface area (Å²) in [6.07, 6.45) is 1.09. The number of nitriles is 1. The lowest BCUT2D eigenvalue weighted by molar-refractivity contribution is 0.390. The monoisotopic (exact) mass is 217 g/mol. The summed E-state index contributed by atoms with van der Waals surface area (Å²) in [6.45, 7) is 3.22. The number of nitrogens with zero attached hydrogens (tertiary/aromatic N) is 2. The van der Waals surface area contributed by atoms with Crippen LogP contribution in [0.5, 0.6) is 0 Å². The lowest BCUT2D eigenvalue weighted by Gasteiger charge is -2.17. The Balaban J connectivity index is 2.49. The number of anilines is 1. The second-order valence-corrected chi connectivity index (χ2v) is 4.33. The third kappa shape index (κ3) is 4.33. The lowest BCUT2D eigenvalue weighted by Crippen LogP contribution is -2.22. The molecule has 86 valence electrons. The van der Waals surface area contributed by atoms with Gasteiger partial charge in [0.25, 0.3) is 0 Å². The molecule has 1 aromatic rings. The van der Waals surface area contributed by atoms with Crippen LogP contribution in [0.3, 0.4) is 0 Å². The standard InChI is InChI=1S/C13H19N3/c1-11(7-8-16(2)3)15-13-6-4-5-12(9-13)10-14/h4-6,9,11,15H,7-8H2,1-3H3. The summed E-state index contributed by atoms with van der Waals surface area (Å²) >= 11 is 0. The second kappa shape index (κ2) is 6.14. The van der Waals surface area contributed by atoms with Crippen LogP contribution >= 0.6 is 0 Å². The molecule has 0 aliphatic rings. The van der Waals surface area contributed by atoms with Crippen molar-refractivity contribution in [1.82, 2.24) is 4.90 Å². The molecule has 0 heterocycles. The highest BCUT2D eigenvalue weighted by Gasteiger charge is 2.03. The number of nitrogens with one attached hydrogen (secondary N) is 1. The number of rotatable bonds is 5. The van der Waals surface area contributed by atoms with Crippen molar-refractivity contribution in [2.45, 2.75) is 19.4 Å². The summed E-state index contributed by atoms with van der Waals surface area (Å²) < 4.78 is 0. The largest absolute Gasteiger partial charge is 0.383 e. The minimum Gasteiger partial charge on any atom is -0.383 e. The maximum absolute atomic E-state index is 8.79. The minimum atomic E-state index is 0.413. The maximum Gasteiger partial charge on any atom is 0.0992 e. The van der Waals surface area contributed by atoms with E-state index in [-0.39, 0.29) is 0 Å². The van der Waals surface area contributed by atoms with Gasteiger partial charge in [-0.15, -0.1) is 0 Å². The molecule has 0 aliphatic heterocycles. The predicted octanol–water partition coefficient (Wildman–Crippen LogP) is 2.31. The zero-order valence-corrected chi connectivity index (χ0v) is 10.2. The SMILES string of the molecule is CC(CCN(C)C)Nc1cccc(C#N)c1. The molecule has 1 aromatic carbocycles. The van der Waals surface area contributed by atoms with Crippen molar-refractivity contribution >= 4 is 5.69 Å².